The number of hydrogen-bond donors (Lipinski definition) is 1. The summed E-state index contributed by atoms with van der Waals surface area (Å²) in [4.78, 5) is 22.4. The maximum Gasteiger partial charge on any atom is 0.194 e. The van der Waals surface area contributed by atoms with Crippen molar-refractivity contribution in [2.45, 2.75) is 42.3 Å². The van der Waals surface area contributed by atoms with Gasteiger partial charge in [0, 0.05) is 48.4 Å². The van der Waals surface area contributed by atoms with Gasteiger partial charge in [0.1, 0.15) is 5.82 Å². The van der Waals surface area contributed by atoms with Crippen molar-refractivity contribution in [1.29, 1.82) is 0 Å². The number of rotatable bonds is 3. The average Bonchev–Trinajstić information content (AvgIpc) is 3.18. The van der Waals surface area contributed by atoms with Crippen molar-refractivity contribution in [3.63, 3.8) is 0 Å². The largest absolute Gasteiger partial charge is 0.354 e. The Balaban J connectivity index is 1.44. The van der Waals surface area contributed by atoms with Gasteiger partial charge in [0.25, 0.3) is 0 Å². The highest BCUT2D eigenvalue weighted by molar-refractivity contribution is 7.99. The van der Waals surface area contributed by atoms with E-state index in [1.54, 1.807) is 18.0 Å². The standard InChI is InChI=1S/C25H24N6S/c1-15-5-2-7-18-19(15)12-22-23(18)24(31-10-4-6-16(26)14-31)30-25(29-22)32-17-11-21-20(28-13-17)8-3-9-27-21/h2-3,5,7-9,11,13,16H,4,6,10,12,14,26H2,1H3/t16-/m1/s1. The molecule has 1 aliphatic carbocycles. The molecule has 6 nitrogen and oxygen atoms in total. The van der Waals surface area contributed by atoms with Crippen LogP contribution < -0.4 is 10.6 Å². The number of piperidine rings is 1. The van der Waals surface area contributed by atoms with Gasteiger partial charge in [-0.2, -0.15) is 0 Å². The molecule has 1 aliphatic heterocycles. The molecule has 0 unspecified atom stereocenters. The summed E-state index contributed by atoms with van der Waals surface area (Å²) in [5, 5.41) is 0.750. The summed E-state index contributed by atoms with van der Waals surface area (Å²) in [6.07, 6.45) is 6.67. The molecule has 3 aromatic heterocycles. The lowest BCUT2D eigenvalue weighted by atomic mass is 10.0. The second kappa shape index (κ2) is 7.83. The van der Waals surface area contributed by atoms with E-state index < -0.39 is 0 Å². The minimum atomic E-state index is 0.180. The van der Waals surface area contributed by atoms with Gasteiger partial charge < -0.3 is 10.6 Å². The molecule has 4 heterocycles. The van der Waals surface area contributed by atoms with Gasteiger partial charge in [-0.15, -0.1) is 0 Å². The predicted molar refractivity (Wildman–Crippen MR) is 128 cm³/mol. The van der Waals surface area contributed by atoms with Crippen LogP contribution in [0.4, 0.5) is 5.82 Å². The molecule has 2 N–H and O–H groups in total. The summed E-state index contributed by atoms with van der Waals surface area (Å²) in [7, 11) is 0. The molecule has 1 saturated heterocycles. The zero-order valence-corrected chi connectivity index (χ0v) is 18.8. The van der Waals surface area contributed by atoms with Crippen molar-refractivity contribution < 1.29 is 0 Å². The molecule has 1 fully saturated rings. The maximum absolute atomic E-state index is 6.34. The Morgan fingerprint density at radius 1 is 1.09 bits per heavy atom. The normalized spacial score (nSPS) is 17.4. The SMILES string of the molecule is Cc1cccc2c1Cc1nc(Sc3cnc4cccnc4c3)nc(N3CCC[C@@H](N)C3)c1-2. The third-order valence-corrected chi connectivity index (χ3v) is 7.18. The van der Waals surface area contributed by atoms with Crippen LogP contribution in [0, 0.1) is 6.92 Å². The van der Waals surface area contributed by atoms with E-state index >= 15 is 0 Å². The van der Waals surface area contributed by atoms with Crippen LogP contribution in [0.25, 0.3) is 22.2 Å². The van der Waals surface area contributed by atoms with Gasteiger partial charge in [-0.25, -0.2) is 9.97 Å². The molecule has 0 saturated carbocycles. The highest BCUT2D eigenvalue weighted by Gasteiger charge is 2.30. The highest BCUT2D eigenvalue weighted by Crippen LogP contribution is 2.44. The lowest BCUT2D eigenvalue weighted by Gasteiger charge is -2.33. The van der Waals surface area contributed by atoms with Crippen LogP contribution in [0.15, 0.2) is 58.8 Å². The summed E-state index contributed by atoms with van der Waals surface area (Å²) < 4.78 is 0. The van der Waals surface area contributed by atoms with Crippen molar-refractivity contribution in [3.8, 4) is 11.1 Å². The first-order valence-electron chi connectivity index (χ1n) is 11.0. The molecule has 160 valence electrons. The molecule has 6 rings (SSSR count). The Hall–Kier alpha value is -3.03. The van der Waals surface area contributed by atoms with Gasteiger partial charge in [0.05, 0.1) is 16.7 Å². The van der Waals surface area contributed by atoms with Crippen LogP contribution in [0.3, 0.4) is 0 Å². The van der Waals surface area contributed by atoms with E-state index in [9.17, 15) is 0 Å². The minimum Gasteiger partial charge on any atom is -0.354 e. The Bertz CT molecular complexity index is 1340. The predicted octanol–water partition coefficient (Wildman–Crippen LogP) is 4.38. The van der Waals surface area contributed by atoms with Gasteiger partial charge in [0.15, 0.2) is 5.16 Å². The van der Waals surface area contributed by atoms with Crippen LogP contribution in [-0.4, -0.2) is 39.1 Å². The Morgan fingerprint density at radius 3 is 2.94 bits per heavy atom. The molecule has 0 amide bonds. The fourth-order valence-corrected chi connectivity index (χ4v) is 5.56. The van der Waals surface area contributed by atoms with Gasteiger partial charge in [-0.05, 0) is 66.4 Å². The third kappa shape index (κ3) is 3.42. The third-order valence-electron chi connectivity index (χ3n) is 6.36. The smallest absolute Gasteiger partial charge is 0.194 e. The molecule has 4 aromatic rings. The molecule has 0 spiro atoms. The molecule has 1 atom stereocenters. The molecular formula is C25H24N6S. The van der Waals surface area contributed by atoms with Crippen LogP contribution >= 0.6 is 11.8 Å². The number of benzene rings is 1. The van der Waals surface area contributed by atoms with Crippen LogP contribution in [0.2, 0.25) is 0 Å². The number of anilines is 1. The van der Waals surface area contributed by atoms with Crippen LogP contribution in [-0.2, 0) is 6.42 Å². The molecule has 32 heavy (non-hydrogen) atoms. The fourth-order valence-electron chi connectivity index (χ4n) is 4.79. The summed E-state index contributed by atoms with van der Waals surface area (Å²) in [5.74, 6) is 1.02. The van der Waals surface area contributed by atoms with Crippen LogP contribution in [0.5, 0.6) is 0 Å². The van der Waals surface area contributed by atoms with Crippen molar-refractivity contribution in [1.82, 2.24) is 19.9 Å². The maximum atomic E-state index is 6.34. The molecule has 0 radical (unpaired) electrons. The molecule has 1 aromatic carbocycles. The van der Waals surface area contributed by atoms with E-state index in [4.69, 9.17) is 15.7 Å². The minimum absolute atomic E-state index is 0.180. The Labute approximate surface area is 191 Å². The van der Waals surface area contributed by atoms with Crippen molar-refractivity contribution >= 4 is 28.6 Å². The van der Waals surface area contributed by atoms with E-state index in [0.717, 1.165) is 64.9 Å². The Kier molecular flexibility index (Phi) is 4.81. The van der Waals surface area contributed by atoms with Crippen molar-refractivity contribution in [3.05, 3.63) is 65.6 Å². The second-order valence-corrected chi connectivity index (χ2v) is 9.63. The van der Waals surface area contributed by atoms with E-state index in [2.05, 4.69) is 46.1 Å². The molecule has 7 heteroatoms. The number of nitrogens with zero attached hydrogens (tertiary/aromatic N) is 5. The summed E-state index contributed by atoms with van der Waals surface area (Å²) >= 11 is 1.55. The number of nitrogens with two attached hydrogens (primary N) is 1. The lowest BCUT2D eigenvalue weighted by Crippen LogP contribution is -2.43. The molecule has 0 bridgehead atoms. The topological polar surface area (TPSA) is 80.8 Å². The summed E-state index contributed by atoms with van der Waals surface area (Å²) in [6, 6.07) is 12.6. The number of pyridine rings is 2. The number of aromatic nitrogens is 4. The zero-order chi connectivity index (χ0) is 21.7. The fraction of sp³-hybridized carbons (Fsp3) is 0.280. The number of fused-ring (bicyclic) bond motifs is 4. The first kappa shape index (κ1) is 19.6. The lowest BCUT2D eigenvalue weighted by molar-refractivity contribution is 0.502. The Morgan fingerprint density at radius 2 is 2.03 bits per heavy atom. The summed E-state index contributed by atoms with van der Waals surface area (Å²) in [6.45, 7) is 3.98. The summed E-state index contributed by atoms with van der Waals surface area (Å²) in [5.41, 5.74) is 14.3. The van der Waals surface area contributed by atoms with Gasteiger partial charge in [-0.3, -0.25) is 9.97 Å². The van der Waals surface area contributed by atoms with E-state index in [0.29, 0.717) is 0 Å². The van der Waals surface area contributed by atoms with Crippen molar-refractivity contribution in [2.75, 3.05) is 18.0 Å². The zero-order valence-electron chi connectivity index (χ0n) is 18.0. The highest BCUT2D eigenvalue weighted by atomic mass is 32.2. The van der Waals surface area contributed by atoms with Gasteiger partial charge in [0.2, 0.25) is 0 Å². The monoisotopic (exact) mass is 440 g/mol. The van der Waals surface area contributed by atoms with Gasteiger partial charge in [-0.1, -0.05) is 18.2 Å². The van der Waals surface area contributed by atoms with Crippen molar-refractivity contribution in [2.24, 2.45) is 5.73 Å². The van der Waals surface area contributed by atoms with E-state index in [-0.39, 0.29) is 6.04 Å². The first-order valence-corrected chi connectivity index (χ1v) is 11.9. The average molecular weight is 441 g/mol. The molecular weight excluding hydrogens is 416 g/mol. The number of aryl methyl sites for hydroxylation is 1. The molecule has 2 aliphatic rings. The van der Waals surface area contributed by atoms with E-state index in [1.807, 2.05) is 18.3 Å². The number of hydrogen-bond acceptors (Lipinski definition) is 7. The second-order valence-electron chi connectivity index (χ2n) is 8.59. The first-order chi connectivity index (χ1) is 15.7. The quantitative estimate of drug-likeness (QED) is 0.417. The van der Waals surface area contributed by atoms with E-state index in [1.165, 1.54) is 22.3 Å². The van der Waals surface area contributed by atoms with Gasteiger partial charge >= 0.3 is 0 Å². The van der Waals surface area contributed by atoms with Crippen LogP contribution in [0.1, 0.15) is 29.7 Å².